The quantitative estimate of drug-likeness (QED) is 0.509. The number of para-hydroxylation sites is 1. The molecule has 9 nitrogen and oxygen atoms in total. The Morgan fingerprint density at radius 3 is 2.65 bits per heavy atom. The fourth-order valence-corrected chi connectivity index (χ4v) is 4.32. The van der Waals surface area contributed by atoms with Gasteiger partial charge in [0.1, 0.15) is 17.2 Å². The molecular formula is C24H26N4O5S. The molecule has 1 saturated heterocycles. The van der Waals surface area contributed by atoms with Crippen LogP contribution in [-0.2, 0) is 20.9 Å². The van der Waals surface area contributed by atoms with Gasteiger partial charge in [0.25, 0.3) is 5.91 Å². The van der Waals surface area contributed by atoms with E-state index in [0.29, 0.717) is 60.6 Å². The first-order valence-corrected chi connectivity index (χ1v) is 11.9. The van der Waals surface area contributed by atoms with Crippen LogP contribution in [0.3, 0.4) is 0 Å². The summed E-state index contributed by atoms with van der Waals surface area (Å²) in [6.07, 6.45) is 1.18. The normalized spacial score (nSPS) is 14.0. The standard InChI is InChI=1S/C24H26N4O5S/c1-16(29)25-13-19-7-8-21(33-19)20-15-34-24(26-20)27-23(31)17-9-11-28(12-10-17)22(30)14-32-18-5-3-2-4-6-18/h2-8,15,17H,9-14H2,1H3,(H,25,29)(H,26,27,31). The van der Waals surface area contributed by atoms with E-state index in [1.165, 1.54) is 18.3 Å². The van der Waals surface area contributed by atoms with E-state index in [1.54, 1.807) is 17.0 Å². The van der Waals surface area contributed by atoms with Crippen molar-refractivity contribution in [3.05, 3.63) is 53.6 Å². The maximum Gasteiger partial charge on any atom is 0.260 e. The Bertz CT molecular complexity index is 1140. The van der Waals surface area contributed by atoms with Gasteiger partial charge in [-0.1, -0.05) is 18.2 Å². The summed E-state index contributed by atoms with van der Waals surface area (Å²) in [6, 6.07) is 12.8. The Morgan fingerprint density at radius 2 is 1.91 bits per heavy atom. The predicted molar refractivity (Wildman–Crippen MR) is 127 cm³/mol. The number of rotatable bonds is 8. The second-order valence-electron chi connectivity index (χ2n) is 7.96. The minimum atomic E-state index is -0.181. The van der Waals surface area contributed by atoms with Gasteiger partial charge in [-0.3, -0.25) is 14.4 Å². The van der Waals surface area contributed by atoms with E-state index in [2.05, 4.69) is 15.6 Å². The van der Waals surface area contributed by atoms with Crippen LogP contribution in [0.1, 0.15) is 25.5 Å². The van der Waals surface area contributed by atoms with Crippen LogP contribution >= 0.6 is 11.3 Å². The summed E-state index contributed by atoms with van der Waals surface area (Å²) < 4.78 is 11.2. The molecule has 3 aromatic rings. The van der Waals surface area contributed by atoms with Crippen LogP contribution in [0, 0.1) is 5.92 Å². The summed E-state index contributed by atoms with van der Waals surface area (Å²) in [6.45, 7) is 2.77. The van der Waals surface area contributed by atoms with Gasteiger partial charge in [0.2, 0.25) is 11.8 Å². The molecule has 2 aromatic heterocycles. The highest BCUT2D eigenvalue weighted by Crippen LogP contribution is 2.28. The third-order valence-corrected chi connectivity index (χ3v) is 6.24. The third kappa shape index (κ3) is 6.22. The lowest BCUT2D eigenvalue weighted by Crippen LogP contribution is -2.43. The van der Waals surface area contributed by atoms with E-state index < -0.39 is 0 Å². The highest BCUT2D eigenvalue weighted by atomic mass is 32.1. The summed E-state index contributed by atoms with van der Waals surface area (Å²) in [4.78, 5) is 42.4. The molecule has 0 radical (unpaired) electrons. The van der Waals surface area contributed by atoms with Crippen molar-refractivity contribution in [2.45, 2.75) is 26.3 Å². The number of carbonyl (C=O) groups is 3. The number of ether oxygens (including phenoxy) is 1. The van der Waals surface area contributed by atoms with E-state index in [4.69, 9.17) is 9.15 Å². The van der Waals surface area contributed by atoms with Crippen LogP contribution in [0.25, 0.3) is 11.5 Å². The summed E-state index contributed by atoms with van der Waals surface area (Å²) in [5.74, 6) is 1.36. The molecule has 2 N–H and O–H groups in total. The van der Waals surface area contributed by atoms with Crippen molar-refractivity contribution in [2.24, 2.45) is 5.92 Å². The van der Waals surface area contributed by atoms with Gasteiger partial charge < -0.3 is 24.7 Å². The zero-order chi connectivity index (χ0) is 23.9. The molecule has 0 spiro atoms. The number of furan rings is 1. The van der Waals surface area contributed by atoms with Crippen molar-refractivity contribution >= 4 is 34.2 Å². The Balaban J connectivity index is 1.23. The molecule has 10 heteroatoms. The number of thiazole rings is 1. The number of likely N-dealkylation sites (tertiary alicyclic amines) is 1. The predicted octanol–water partition coefficient (Wildman–Crippen LogP) is 3.30. The van der Waals surface area contributed by atoms with Crippen LogP contribution in [0.4, 0.5) is 5.13 Å². The van der Waals surface area contributed by atoms with Gasteiger partial charge >= 0.3 is 0 Å². The summed E-state index contributed by atoms with van der Waals surface area (Å²) in [5.41, 5.74) is 0.619. The second-order valence-corrected chi connectivity index (χ2v) is 8.82. The van der Waals surface area contributed by atoms with Gasteiger partial charge in [-0.05, 0) is 37.1 Å². The Morgan fingerprint density at radius 1 is 1.15 bits per heavy atom. The molecule has 178 valence electrons. The number of carbonyl (C=O) groups excluding carboxylic acids is 3. The maximum absolute atomic E-state index is 12.7. The Hall–Kier alpha value is -3.66. The monoisotopic (exact) mass is 482 g/mol. The number of benzene rings is 1. The van der Waals surface area contributed by atoms with E-state index in [9.17, 15) is 14.4 Å². The molecule has 1 aromatic carbocycles. The molecule has 3 heterocycles. The zero-order valence-electron chi connectivity index (χ0n) is 18.8. The minimum absolute atomic E-state index is 0.0118. The van der Waals surface area contributed by atoms with E-state index in [-0.39, 0.29) is 30.2 Å². The van der Waals surface area contributed by atoms with E-state index in [0.717, 1.165) is 0 Å². The van der Waals surface area contributed by atoms with Crippen LogP contribution in [0.15, 0.2) is 52.3 Å². The molecule has 0 unspecified atom stereocenters. The molecular weight excluding hydrogens is 456 g/mol. The van der Waals surface area contributed by atoms with Crippen molar-refractivity contribution in [1.29, 1.82) is 0 Å². The zero-order valence-corrected chi connectivity index (χ0v) is 19.6. The Kier molecular flexibility index (Phi) is 7.58. The average molecular weight is 483 g/mol. The first kappa shape index (κ1) is 23.5. The van der Waals surface area contributed by atoms with Gasteiger partial charge in [-0.25, -0.2) is 4.98 Å². The van der Waals surface area contributed by atoms with Gasteiger partial charge in [-0.15, -0.1) is 11.3 Å². The largest absolute Gasteiger partial charge is 0.484 e. The van der Waals surface area contributed by atoms with Crippen molar-refractivity contribution in [2.75, 3.05) is 25.0 Å². The van der Waals surface area contributed by atoms with Crippen LogP contribution in [-0.4, -0.2) is 47.3 Å². The van der Waals surface area contributed by atoms with E-state index >= 15 is 0 Å². The number of hydrogen-bond acceptors (Lipinski definition) is 7. The maximum atomic E-state index is 12.7. The first-order valence-electron chi connectivity index (χ1n) is 11.0. The second kappa shape index (κ2) is 11.0. The molecule has 1 aliphatic heterocycles. The lowest BCUT2D eigenvalue weighted by molar-refractivity contribution is -0.136. The molecule has 34 heavy (non-hydrogen) atoms. The number of amides is 3. The smallest absolute Gasteiger partial charge is 0.260 e. The van der Waals surface area contributed by atoms with Gasteiger partial charge in [-0.2, -0.15) is 0 Å². The first-order chi connectivity index (χ1) is 16.5. The van der Waals surface area contributed by atoms with Crippen LogP contribution < -0.4 is 15.4 Å². The van der Waals surface area contributed by atoms with Gasteiger partial charge in [0.15, 0.2) is 17.5 Å². The number of nitrogens with zero attached hydrogens (tertiary/aromatic N) is 2. The highest BCUT2D eigenvalue weighted by molar-refractivity contribution is 7.14. The SMILES string of the molecule is CC(=O)NCc1ccc(-c2csc(NC(=O)C3CCN(C(=O)COc4ccccc4)CC3)n2)o1. The number of piperidine rings is 1. The number of anilines is 1. The number of hydrogen-bond donors (Lipinski definition) is 2. The molecule has 4 rings (SSSR count). The molecule has 3 amide bonds. The lowest BCUT2D eigenvalue weighted by Gasteiger charge is -2.31. The lowest BCUT2D eigenvalue weighted by atomic mass is 9.96. The van der Waals surface area contributed by atoms with Crippen molar-refractivity contribution in [1.82, 2.24) is 15.2 Å². The summed E-state index contributed by atoms with van der Waals surface area (Å²) >= 11 is 1.32. The van der Waals surface area contributed by atoms with Gasteiger partial charge in [0.05, 0.1) is 6.54 Å². The fourth-order valence-electron chi connectivity index (χ4n) is 3.62. The average Bonchev–Trinajstić information content (AvgIpc) is 3.51. The molecule has 0 saturated carbocycles. The van der Waals surface area contributed by atoms with Crippen molar-refractivity contribution < 1.29 is 23.5 Å². The fraction of sp³-hybridized carbons (Fsp3) is 0.333. The van der Waals surface area contributed by atoms with Crippen LogP contribution in [0.2, 0.25) is 0 Å². The highest BCUT2D eigenvalue weighted by Gasteiger charge is 2.28. The summed E-state index contributed by atoms with van der Waals surface area (Å²) in [7, 11) is 0. The molecule has 0 aliphatic carbocycles. The molecule has 1 aliphatic rings. The van der Waals surface area contributed by atoms with Gasteiger partial charge in [0, 0.05) is 31.3 Å². The molecule has 0 bridgehead atoms. The number of aromatic nitrogens is 1. The van der Waals surface area contributed by atoms with Crippen LogP contribution in [0.5, 0.6) is 5.75 Å². The van der Waals surface area contributed by atoms with Crippen molar-refractivity contribution in [3.8, 4) is 17.2 Å². The molecule has 1 fully saturated rings. The third-order valence-electron chi connectivity index (χ3n) is 5.48. The minimum Gasteiger partial charge on any atom is -0.484 e. The van der Waals surface area contributed by atoms with E-state index in [1.807, 2.05) is 35.7 Å². The summed E-state index contributed by atoms with van der Waals surface area (Å²) in [5, 5.41) is 7.87. The topological polar surface area (TPSA) is 114 Å². The molecule has 0 atom stereocenters. The van der Waals surface area contributed by atoms with Crippen molar-refractivity contribution in [3.63, 3.8) is 0 Å². The Labute approximate surface area is 201 Å². The number of nitrogens with one attached hydrogen (secondary N) is 2.